The minimum atomic E-state index is 0.582. The van der Waals surface area contributed by atoms with Gasteiger partial charge in [0, 0.05) is 0 Å². The highest BCUT2D eigenvalue weighted by Crippen LogP contribution is 2.07. The highest BCUT2D eigenvalue weighted by molar-refractivity contribution is 5.49. The van der Waals surface area contributed by atoms with E-state index in [1.807, 2.05) is 32.2 Å². The predicted molar refractivity (Wildman–Crippen MR) is 61.0 cm³/mol. The third kappa shape index (κ3) is 3.58. The molecule has 14 heavy (non-hydrogen) atoms. The summed E-state index contributed by atoms with van der Waals surface area (Å²) >= 11 is 0. The molecule has 0 radical (unpaired) electrons. The van der Waals surface area contributed by atoms with Crippen LogP contribution in [0.5, 0.6) is 0 Å². The van der Waals surface area contributed by atoms with E-state index in [1.165, 1.54) is 0 Å². The summed E-state index contributed by atoms with van der Waals surface area (Å²) in [6.07, 6.45) is 5.10. The Labute approximate surface area is 85.0 Å². The molecule has 0 saturated heterocycles. The van der Waals surface area contributed by atoms with E-state index in [0.29, 0.717) is 5.82 Å². The van der Waals surface area contributed by atoms with Gasteiger partial charge in [-0.2, -0.15) is 0 Å². The van der Waals surface area contributed by atoms with Crippen LogP contribution in [0.4, 0.5) is 5.82 Å². The molecule has 0 unspecified atom stereocenters. The number of nitrogens with zero attached hydrogens (tertiary/aromatic N) is 1. The first-order chi connectivity index (χ1) is 6.72. The second kappa shape index (κ2) is 5.40. The summed E-state index contributed by atoms with van der Waals surface area (Å²) < 4.78 is 0. The maximum absolute atomic E-state index is 5.63. The summed E-state index contributed by atoms with van der Waals surface area (Å²) in [6.45, 7) is 3.00. The zero-order valence-corrected chi connectivity index (χ0v) is 8.75. The van der Waals surface area contributed by atoms with Gasteiger partial charge < -0.3 is 11.1 Å². The van der Waals surface area contributed by atoms with Gasteiger partial charge in [0.05, 0.1) is 5.69 Å². The molecule has 0 aliphatic rings. The van der Waals surface area contributed by atoms with Crippen molar-refractivity contribution >= 4 is 11.9 Å². The Morgan fingerprint density at radius 3 is 2.93 bits per heavy atom. The number of nitrogens with two attached hydrogens (primary N) is 1. The average molecular weight is 191 g/mol. The van der Waals surface area contributed by atoms with Crippen molar-refractivity contribution in [2.24, 2.45) is 0 Å². The number of nitrogen functional groups attached to an aromatic ring is 1. The molecule has 76 valence electrons. The first kappa shape index (κ1) is 10.7. The van der Waals surface area contributed by atoms with Gasteiger partial charge in [-0.1, -0.05) is 6.08 Å². The normalized spacial score (nSPS) is 11.0. The summed E-state index contributed by atoms with van der Waals surface area (Å²) in [6, 6.07) is 3.89. The number of rotatable bonds is 4. The van der Waals surface area contributed by atoms with Crippen LogP contribution in [0.1, 0.15) is 17.7 Å². The van der Waals surface area contributed by atoms with E-state index < -0.39 is 0 Å². The first-order valence-corrected chi connectivity index (χ1v) is 4.77. The molecule has 0 saturated carbocycles. The number of aryl methyl sites for hydroxylation is 1. The van der Waals surface area contributed by atoms with Crippen molar-refractivity contribution in [2.45, 2.75) is 13.3 Å². The fourth-order valence-electron chi connectivity index (χ4n) is 1.24. The van der Waals surface area contributed by atoms with Gasteiger partial charge in [0.2, 0.25) is 0 Å². The van der Waals surface area contributed by atoms with Crippen LogP contribution in [0.3, 0.4) is 0 Å². The summed E-state index contributed by atoms with van der Waals surface area (Å²) in [5, 5.41) is 3.08. The maximum atomic E-state index is 5.63. The van der Waals surface area contributed by atoms with Crippen molar-refractivity contribution in [3.63, 3.8) is 0 Å². The van der Waals surface area contributed by atoms with E-state index in [4.69, 9.17) is 5.73 Å². The molecule has 1 heterocycles. The summed E-state index contributed by atoms with van der Waals surface area (Å²) in [7, 11) is 1.94. The van der Waals surface area contributed by atoms with Gasteiger partial charge in [-0.3, -0.25) is 0 Å². The second-order valence-corrected chi connectivity index (χ2v) is 3.29. The molecule has 3 nitrogen and oxygen atoms in total. The van der Waals surface area contributed by atoms with Gasteiger partial charge in [-0.05, 0) is 50.7 Å². The first-order valence-electron chi connectivity index (χ1n) is 4.77. The fraction of sp³-hybridized carbons (Fsp3) is 0.364. The van der Waals surface area contributed by atoms with Crippen LogP contribution in [0.2, 0.25) is 0 Å². The SMILES string of the molecule is CNCCC=Cc1cc(C)cc(N)n1. The second-order valence-electron chi connectivity index (χ2n) is 3.29. The number of anilines is 1. The van der Waals surface area contributed by atoms with Crippen molar-refractivity contribution in [3.05, 3.63) is 29.5 Å². The topological polar surface area (TPSA) is 50.9 Å². The van der Waals surface area contributed by atoms with Gasteiger partial charge in [-0.25, -0.2) is 4.98 Å². The molecule has 0 fully saturated rings. The molecule has 1 aromatic heterocycles. The Bertz CT molecular complexity index is 298. The molecule has 3 N–H and O–H groups in total. The number of nitrogens with one attached hydrogen (secondary N) is 1. The van der Waals surface area contributed by atoms with Gasteiger partial charge >= 0.3 is 0 Å². The molecule has 1 rings (SSSR count). The monoisotopic (exact) mass is 191 g/mol. The molecule has 0 aliphatic heterocycles. The van der Waals surface area contributed by atoms with Crippen LogP contribution in [0.25, 0.3) is 6.08 Å². The van der Waals surface area contributed by atoms with Gasteiger partial charge in [0.15, 0.2) is 0 Å². The smallest absolute Gasteiger partial charge is 0.124 e. The zero-order valence-electron chi connectivity index (χ0n) is 8.75. The summed E-state index contributed by atoms with van der Waals surface area (Å²) in [5.74, 6) is 0.582. The molecule has 0 bridgehead atoms. The molecule has 3 heteroatoms. The van der Waals surface area contributed by atoms with E-state index >= 15 is 0 Å². The van der Waals surface area contributed by atoms with E-state index in [-0.39, 0.29) is 0 Å². The van der Waals surface area contributed by atoms with Crippen LogP contribution in [0, 0.1) is 6.92 Å². The molecule has 0 aliphatic carbocycles. The van der Waals surface area contributed by atoms with Crippen molar-refractivity contribution in [2.75, 3.05) is 19.3 Å². The molecule has 0 atom stereocenters. The van der Waals surface area contributed by atoms with Crippen LogP contribution in [-0.2, 0) is 0 Å². The van der Waals surface area contributed by atoms with Crippen LogP contribution >= 0.6 is 0 Å². The van der Waals surface area contributed by atoms with E-state index in [0.717, 1.165) is 24.2 Å². The summed E-state index contributed by atoms with van der Waals surface area (Å²) in [4.78, 5) is 4.20. The third-order valence-corrected chi connectivity index (χ3v) is 1.86. The van der Waals surface area contributed by atoms with Gasteiger partial charge in [0.1, 0.15) is 5.82 Å². The minimum absolute atomic E-state index is 0.582. The zero-order chi connectivity index (χ0) is 10.4. The maximum Gasteiger partial charge on any atom is 0.124 e. The van der Waals surface area contributed by atoms with Gasteiger partial charge in [0.25, 0.3) is 0 Å². The van der Waals surface area contributed by atoms with Crippen LogP contribution < -0.4 is 11.1 Å². The summed E-state index contributed by atoms with van der Waals surface area (Å²) in [5.41, 5.74) is 7.71. The number of aromatic nitrogens is 1. The minimum Gasteiger partial charge on any atom is -0.384 e. The molecule has 0 amide bonds. The van der Waals surface area contributed by atoms with Gasteiger partial charge in [-0.15, -0.1) is 0 Å². The lowest BCUT2D eigenvalue weighted by Gasteiger charge is -1.98. The molecular formula is C11H17N3. The van der Waals surface area contributed by atoms with Crippen molar-refractivity contribution in [1.29, 1.82) is 0 Å². The molecule has 0 aromatic carbocycles. The molecular weight excluding hydrogens is 174 g/mol. The van der Waals surface area contributed by atoms with E-state index in [2.05, 4.69) is 16.4 Å². The highest BCUT2D eigenvalue weighted by atomic mass is 14.8. The number of pyridine rings is 1. The average Bonchev–Trinajstić information content (AvgIpc) is 2.11. The van der Waals surface area contributed by atoms with Crippen molar-refractivity contribution in [1.82, 2.24) is 10.3 Å². The highest BCUT2D eigenvalue weighted by Gasteiger charge is 1.93. The van der Waals surface area contributed by atoms with E-state index in [9.17, 15) is 0 Å². The molecule has 1 aromatic rings. The number of hydrogen-bond acceptors (Lipinski definition) is 3. The Balaban J connectivity index is 2.62. The predicted octanol–water partition coefficient (Wildman–Crippen LogP) is 1.59. The fourth-order valence-corrected chi connectivity index (χ4v) is 1.24. The standard InChI is InChI=1S/C11H17N3/c1-9-7-10(14-11(12)8-9)5-3-4-6-13-2/h3,5,7-8,13H,4,6H2,1-2H3,(H2,12,14). The molecule has 0 spiro atoms. The van der Waals surface area contributed by atoms with Crippen molar-refractivity contribution < 1.29 is 0 Å². The Kier molecular flexibility index (Phi) is 4.13. The Morgan fingerprint density at radius 2 is 2.29 bits per heavy atom. The third-order valence-electron chi connectivity index (χ3n) is 1.86. The lowest BCUT2D eigenvalue weighted by Crippen LogP contribution is -2.05. The number of hydrogen-bond donors (Lipinski definition) is 2. The lowest BCUT2D eigenvalue weighted by atomic mass is 10.2. The van der Waals surface area contributed by atoms with Crippen LogP contribution in [-0.4, -0.2) is 18.6 Å². The Morgan fingerprint density at radius 1 is 1.50 bits per heavy atom. The van der Waals surface area contributed by atoms with E-state index in [1.54, 1.807) is 0 Å². The lowest BCUT2D eigenvalue weighted by molar-refractivity contribution is 0.809. The van der Waals surface area contributed by atoms with Crippen molar-refractivity contribution in [3.8, 4) is 0 Å². The Hall–Kier alpha value is -1.35. The van der Waals surface area contributed by atoms with Crippen LogP contribution in [0.15, 0.2) is 18.2 Å². The largest absolute Gasteiger partial charge is 0.384 e. The quantitative estimate of drug-likeness (QED) is 0.711.